The molecular weight excluding hydrogens is 554 g/mol. The highest BCUT2D eigenvalue weighted by atomic mass is 79.9. The van der Waals surface area contributed by atoms with Crippen LogP contribution >= 0.6 is 15.9 Å². The molecule has 0 aliphatic carbocycles. The summed E-state index contributed by atoms with van der Waals surface area (Å²) in [5.41, 5.74) is 1.96. The van der Waals surface area contributed by atoms with Crippen molar-refractivity contribution in [1.82, 2.24) is 5.32 Å². The van der Waals surface area contributed by atoms with Gasteiger partial charge in [-0.1, -0.05) is 35.0 Å². The van der Waals surface area contributed by atoms with Crippen molar-refractivity contribution in [2.75, 3.05) is 36.0 Å². The third-order valence-corrected chi connectivity index (χ3v) is 11.0. The van der Waals surface area contributed by atoms with Gasteiger partial charge in [0, 0.05) is 46.9 Å². The highest BCUT2D eigenvalue weighted by Crippen LogP contribution is 2.60. The standard InChI is InChI=1S/C27H34BrN3O5Si/c1-17-25(37(2,3)35)23(10-13-32)36-27(17)21-14-19(28)6-9-22(21)31(26(27)34)16-18-4-7-20(8-5-18)30-12-11-29-15-24(30)33/h4-9,14,17,23,25,29,32,35H,10-13,15-16H2,1-3H3/t17-,23+,25-,27+/m1/s1. The van der Waals surface area contributed by atoms with E-state index in [1.54, 1.807) is 9.80 Å². The predicted octanol–water partition coefficient (Wildman–Crippen LogP) is 3.11. The third-order valence-electron chi connectivity index (χ3n) is 8.04. The maximum Gasteiger partial charge on any atom is 0.264 e. The lowest BCUT2D eigenvalue weighted by Gasteiger charge is -2.32. The van der Waals surface area contributed by atoms with Gasteiger partial charge in [0.2, 0.25) is 5.91 Å². The first-order valence-corrected chi connectivity index (χ1v) is 16.6. The van der Waals surface area contributed by atoms with Crippen molar-refractivity contribution in [2.24, 2.45) is 5.92 Å². The van der Waals surface area contributed by atoms with Gasteiger partial charge < -0.3 is 29.8 Å². The number of rotatable bonds is 6. The number of nitrogens with one attached hydrogen (secondary N) is 1. The van der Waals surface area contributed by atoms with E-state index in [4.69, 9.17) is 4.74 Å². The van der Waals surface area contributed by atoms with Crippen LogP contribution in [0.2, 0.25) is 18.6 Å². The van der Waals surface area contributed by atoms with Crippen LogP contribution in [0, 0.1) is 5.92 Å². The number of hydrogen-bond acceptors (Lipinski definition) is 6. The molecule has 3 aliphatic rings. The highest BCUT2D eigenvalue weighted by Gasteiger charge is 2.66. The number of aliphatic hydroxyl groups is 1. The van der Waals surface area contributed by atoms with E-state index in [1.807, 2.05) is 62.5 Å². The van der Waals surface area contributed by atoms with Crippen molar-refractivity contribution in [2.45, 2.75) is 50.2 Å². The minimum absolute atomic E-state index is 0.0462. The van der Waals surface area contributed by atoms with Crippen LogP contribution in [-0.4, -0.2) is 62.4 Å². The number of benzene rings is 2. The quantitative estimate of drug-likeness (QED) is 0.449. The number of nitrogens with zero attached hydrogens (tertiary/aromatic N) is 2. The van der Waals surface area contributed by atoms with E-state index in [0.29, 0.717) is 26.1 Å². The van der Waals surface area contributed by atoms with Gasteiger partial charge in [-0.2, -0.15) is 0 Å². The number of hydrogen-bond donors (Lipinski definition) is 3. The average Bonchev–Trinajstić information content (AvgIpc) is 3.27. The lowest BCUT2D eigenvalue weighted by atomic mass is 9.82. The number of piperazine rings is 1. The van der Waals surface area contributed by atoms with Gasteiger partial charge in [0.25, 0.3) is 5.91 Å². The van der Waals surface area contributed by atoms with Gasteiger partial charge in [-0.15, -0.1) is 0 Å². The molecule has 3 aliphatic heterocycles. The Hall–Kier alpha value is -2.08. The molecule has 37 heavy (non-hydrogen) atoms. The van der Waals surface area contributed by atoms with Gasteiger partial charge in [0.1, 0.15) is 0 Å². The second-order valence-electron chi connectivity index (χ2n) is 10.8. The molecule has 0 bridgehead atoms. The second-order valence-corrected chi connectivity index (χ2v) is 15.7. The van der Waals surface area contributed by atoms with Crippen LogP contribution in [0.25, 0.3) is 0 Å². The van der Waals surface area contributed by atoms with E-state index in [1.165, 1.54) is 0 Å². The zero-order valence-electron chi connectivity index (χ0n) is 21.4. The van der Waals surface area contributed by atoms with E-state index < -0.39 is 20.0 Å². The van der Waals surface area contributed by atoms with Gasteiger partial charge in [-0.3, -0.25) is 9.59 Å². The molecule has 10 heteroatoms. The zero-order chi connectivity index (χ0) is 26.5. The van der Waals surface area contributed by atoms with Crippen LogP contribution in [0.3, 0.4) is 0 Å². The fraction of sp³-hybridized carbons (Fsp3) is 0.481. The Morgan fingerprint density at radius 3 is 2.57 bits per heavy atom. The molecule has 5 rings (SSSR count). The molecule has 198 valence electrons. The number of fused-ring (bicyclic) bond motifs is 2. The molecule has 2 saturated heterocycles. The number of carbonyl (C=O) groups is 2. The number of carbonyl (C=O) groups excluding carboxylic acids is 2. The van der Waals surface area contributed by atoms with E-state index in [-0.39, 0.29) is 29.9 Å². The lowest BCUT2D eigenvalue weighted by molar-refractivity contribution is -0.146. The molecular formula is C27H34BrN3O5Si. The molecule has 2 amide bonds. The van der Waals surface area contributed by atoms with Crippen molar-refractivity contribution in [3.05, 3.63) is 58.1 Å². The maximum absolute atomic E-state index is 14.3. The first kappa shape index (κ1) is 26.5. The summed E-state index contributed by atoms with van der Waals surface area (Å²) in [6.07, 6.45) is -0.0328. The maximum atomic E-state index is 14.3. The van der Waals surface area contributed by atoms with E-state index >= 15 is 0 Å². The molecule has 3 N–H and O–H groups in total. The molecule has 2 aromatic carbocycles. The van der Waals surface area contributed by atoms with E-state index in [9.17, 15) is 19.5 Å². The van der Waals surface area contributed by atoms with Crippen LogP contribution in [0.1, 0.15) is 24.5 Å². The fourth-order valence-electron chi connectivity index (χ4n) is 6.45. The number of anilines is 2. The summed E-state index contributed by atoms with van der Waals surface area (Å²) in [5.74, 6) is -0.356. The number of aliphatic hydroxyl groups excluding tert-OH is 1. The number of amides is 2. The first-order valence-electron chi connectivity index (χ1n) is 12.8. The highest BCUT2D eigenvalue weighted by molar-refractivity contribution is 9.10. The van der Waals surface area contributed by atoms with Crippen molar-refractivity contribution < 1.29 is 24.2 Å². The summed E-state index contributed by atoms with van der Waals surface area (Å²) in [5, 5.41) is 12.8. The van der Waals surface area contributed by atoms with Gasteiger partial charge in [-0.05, 0) is 55.4 Å². The van der Waals surface area contributed by atoms with Crippen LogP contribution in [0.4, 0.5) is 11.4 Å². The summed E-state index contributed by atoms with van der Waals surface area (Å²) in [6.45, 7) is 7.77. The lowest BCUT2D eigenvalue weighted by Crippen LogP contribution is -2.48. The molecule has 3 heterocycles. The largest absolute Gasteiger partial charge is 0.432 e. The molecule has 0 saturated carbocycles. The fourth-order valence-corrected chi connectivity index (χ4v) is 9.41. The van der Waals surface area contributed by atoms with Gasteiger partial charge >= 0.3 is 0 Å². The Morgan fingerprint density at radius 1 is 1.19 bits per heavy atom. The third kappa shape index (κ3) is 4.47. The Kier molecular flexibility index (Phi) is 7.10. The molecule has 8 nitrogen and oxygen atoms in total. The number of ether oxygens (including phenoxy) is 1. The van der Waals surface area contributed by atoms with Gasteiger partial charge in [0.05, 0.1) is 24.9 Å². The molecule has 2 aromatic rings. The summed E-state index contributed by atoms with van der Waals surface area (Å²) in [7, 11) is -2.73. The van der Waals surface area contributed by atoms with Gasteiger partial charge in [-0.25, -0.2) is 0 Å². The average molecular weight is 589 g/mol. The summed E-state index contributed by atoms with van der Waals surface area (Å²) < 4.78 is 7.48. The molecule has 0 radical (unpaired) electrons. The Labute approximate surface area is 226 Å². The predicted molar refractivity (Wildman–Crippen MR) is 148 cm³/mol. The van der Waals surface area contributed by atoms with Crippen molar-refractivity contribution in [1.29, 1.82) is 0 Å². The monoisotopic (exact) mass is 587 g/mol. The van der Waals surface area contributed by atoms with Crippen LogP contribution in [0.5, 0.6) is 0 Å². The van der Waals surface area contributed by atoms with Crippen molar-refractivity contribution >= 4 is 47.4 Å². The van der Waals surface area contributed by atoms with Crippen LogP contribution in [0.15, 0.2) is 46.9 Å². The van der Waals surface area contributed by atoms with Crippen LogP contribution in [-0.2, 0) is 26.5 Å². The Bertz CT molecular complexity index is 1200. The Morgan fingerprint density at radius 2 is 1.92 bits per heavy atom. The van der Waals surface area contributed by atoms with E-state index in [0.717, 1.165) is 33.5 Å². The molecule has 0 unspecified atom stereocenters. The normalized spacial score (nSPS) is 27.9. The number of halogens is 1. The van der Waals surface area contributed by atoms with Gasteiger partial charge in [0.15, 0.2) is 13.9 Å². The molecule has 1 spiro atoms. The first-order chi connectivity index (χ1) is 17.6. The van der Waals surface area contributed by atoms with Crippen molar-refractivity contribution in [3.8, 4) is 0 Å². The van der Waals surface area contributed by atoms with Crippen molar-refractivity contribution in [3.63, 3.8) is 0 Å². The summed E-state index contributed by atoms with van der Waals surface area (Å²) >= 11 is 3.57. The molecule has 2 fully saturated rings. The minimum atomic E-state index is -2.73. The molecule has 4 atom stereocenters. The van der Waals surface area contributed by atoms with Crippen LogP contribution < -0.4 is 15.1 Å². The summed E-state index contributed by atoms with van der Waals surface area (Å²) in [6, 6.07) is 13.6. The molecule has 0 aromatic heterocycles. The minimum Gasteiger partial charge on any atom is -0.432 e. The Balaban J connectivity index is 1.49. The SMILES string of the molecule is C[C@@H]1[C@@H]([Si](C)(C)O)[C@H](CCO)O[C@@]12C(=O)N(Cc1ccc(N3CCNCC3=O)cc1)c1ccc(Br)cc12. The van der Waals surface area contributed by atoms with E-state index in [2.05, 4.69) is 21.2 Å². The topological polar surface area (TPSA) is 102 Å². The summed E-state index contributed by atoms with van der Waals surface area (Å²) in [4.78, 5) is 41.3. The second kappa shape index (κ2) is 9.90. The zero-order valence-corrected chi connectivity index (χ0v) is 24.0. The smallest absolute Gasteiger partial charge is 0.264 e.